The van der Waals surface area contributed by atoms with Crippen molar-refractivity contribution < 1.29 is 19.6 Å². The summed E-state index contributed by atoms with van der Waals surface area (Å²) in [6.07, 6.45) is 19.9. The zero-order valence-corrected chi connectivity index (χ0v) is 15.8. The number of aliphatic carboxylic acids is 1. The molecular formula is C20H33NO5. The van der Waals surface area contributed by atoms with Gasteiger partial charge in [0.1, 0.15) is 6.61 Å². The SMILES string of the molecule is CC/C=C/C/C=C/C(/C=C/CCCCCCCCOCC(=O)O)[N+](=O)[O-]. The van der Waals surface area contributed by atoms with Crippen molar-refractivity contribution in [2.45, 2.75) is 70.8 Å². The number of hydrogen-bond acceptors (Lipinski definition) is 4. The van der Waals surface area contributed by atoms with Gasteiger partial charge in [0.05, 0.1) is 0 Å². The summed E-state index contributed by atoms with van der Waals surface area (Å²) in [5.74, 6) is -0.929. The highest BCUT2D eigenvalue weighted by atomic mass is 16.6. The summed E-state index contributed by atoms with van der Waals surface area (Å²) >= 11 is 0. The number of hydrogen-bond donors (Lipinski definition) is 1. The Kier molecular flexibility index (Phi) is 16.5. The summed E-state index contributed by atoms with van der Waals surface area (Å²) in [7, 11) is 0. The Bertz CT molecular complexity index is 457. The Balaban J connectivity index is 3.68. The molecule has 0 saturated heterocycles. The molecule has 0 aliphatic carbocycles. The first-order valence-electron chi connectivity index (χ1n) is 9.49. The predicted octanol–water partition coefficient (Wildman–Crippen LogP) is 4.93. The van der Waals surface area contributed by atoms with Gasteiger partial charge in [0.25, 0.3) is 0 Å². The lowest BCUT2D eigenvalue weighted by Gasteiger charge is -2.02. The molecule has 148 valence electrons. The minimum atomic E-state index is -0.929. The maximum atomic E-state index is 11.0. The van der Waals surface area contributed by atoms with Gasteiger partial charge in [-0.1, -0.05) is 56.9 Å². The highest BCUT2D eigenvalue weighted by molar-refractivity contribution is 5.67. The number of carboxylic acids is 1. The molecule has 0 aliphatic rings. The normalized spacial score (nSPS) is 13.1. The van der Waals surface area contributed by atoms with Gasteiger partial charge in [0.2, 0.25) is 6.04 Å². The summed E-state index contributed by atoms with van der Waals surface area (Å²) in [6, 6.07) is -0.740. The second kappa shape index (κ2) is 17.9. The van der Waals surface area contributed by atoms with Gasteiger partial charge in [-0.15, -0.1) is 0 Å². The van der Waals surface area contributed by atoms with E-state index < -0.39 is 12.0 Å². The van der Waals surface area contributed by atoms with Crippen molar-refractivity contribution in [2.75, 3.05) is 13.2 Å². The van der Waals surface area contributed by atoms with E-state index in [-0.39, 0.29) is 11.5 Å². The molecule has 0 heterocycles. The van der Waals surface area contributed by atoms with E-state index in [1.165, 1.54) is 0 Å². The lowest BCUT2D eigenvalue weighted by molar-refractivity contribution is -0.496. The standard InChI is InChI=1S/C20H33NO5/c1-2-3-4-9-12-15-19(21(24)25)16-13-10-7-5-6-8-11-14-17-26-18-20(22)23/h3-4,12-13,15-16,19H,2,5-11,14,17-18H2,1H3,(H,22,23)/b4-3+,15-12+,16-13+. The third-order valence-electron chi connectivity index (χ3n) is 3.72. The largest absolute Gasteiger partial charge is 0.480 e. The van der Waals surface area contributed by atoms with Crippen LogP contribution in [0.25, 0.3) is 0 Å². The van der Waals surface area contributed by atoms with Crippen LogP contribution in [0.2, 0.25) is 0 Å². The molecular weight excluding hydrogens is 334 g/mol. The average molecular weight is 367 g/mol. The molecule has 0 aromatic rings. The molecule has 1 N–H and O–H groups in total. The number of ether oxygens (including phenoxy) is 1. The highest BCUT2D eigenvalue weighted by Gasteiger charge is 2.09. The molecule has 0 spiro atoms. The van der Waals surface area contributed by atoms with E-state index >= 15 is 0 Å². The van der Waals surface area contributed by atoms with Gasteiger partial charge in [0, 0.05) is 11.5 Å². The number of rotatable bonds is 17. The van der Waals surface area contributed by atoms with Crippen molar-refractivity contribution in [3.8, 4) is 0 Å². The Morgan fingerprint density at radius 3 is 2.35 bits per heavy atom. The molecule has 0 aromatic heterocycles. The Labute approximate surface area is 156 Å². The van der Waals surface area contributed by atoms with Crippen LogP contribution in [0.5, 0.6) is 0 Å². The molecule has 6 heteroatoms. The van der Waals surface area contributed by atoms with Crippen LogP contribution in [0, 0.1) is 10.1 Å². The molecule has 1 unspecified atom stereocenters. The minimum Gasteiger partial charge on any atom is -0.480 e. The first kappa shape index (κ1) is 24.1. The Hall–Kier alpha value is -1.95. The van der Waals surface area contributed by atoms with E-state index in [9.17, 15) is 14.9 Å². The molecule has 0 aliphatic heterocycles. The van der Waals surface area contributed by atoms with E-state index in [2.05, 4.69) is 6.92 Å². The number of nitro groups is 1. The molecule has 0 amide bonds. The summed E-state index contributed by atoms with van der Waals surface area (Å²) < 4.78 is 4.97. The van der Waals surface area contributed by atoms with E-state index in [0.29, 0.717) is 6.61 Å². The molecule has 0 radical (unpaired) electrons. The zero-order chi connectivity index (χ0) is 19.5. The van der Waals surface area contributed by atoms with Crippen LogP contribution in [-0.4, -0.2) is 35.3 Å². The van der Waals surface area contributed by atoms with Crippen LogP contribution in [0.3, 0.4) is 0 Å². The van der Waals surface area contributed by atoms with Crippen LogP contribution in [0.1, 0.15) is 64.7 Å². The topological polar surface area (TPSA) is 89.7 Å². The molecule has 1 atom stereocenters. The third-order valence-corrected chi connectivity index (χ3v) is 3.72. The Morgan fingerprint density at radius 1 is 1.04 bits per heavy atom. The van der Waals surface area contributed by atoms with Crippen LogP contribution in [-0.2, 0) is 9.53 Å². The minimum absolute atomic E-state index is 0.220. The smallest absolute Gasteiger partial charge is 0.329 e. The van der Waals surface area contributed by atoms with Crippen molar-refractivity contribution in [1.82, 2.24) is 0 Å². The van der Waals surface area contributed by atoms with Crippen LogP contribution >= 0.6 is 0 Å². The van der Waals surface area contributed by atoms with Gasteiger partial charge in [-0.3, -0.25) is 10.1 Å². The van der Waals surface area contributed by atoms with E-state index in [1.54, 1.807) is 12.2 Å². The number of nitrogens with zero attached hydrogens (tertiary/aromatic N) is 1. The first-order chi connectivity index (χ1) is 12.6. The van der Waals surface area contributed by atoms with E-state index in [0.717, 1.165) is 57.8 Å². The van der Waals surface area contributed by atoms with Crippen LogP contribution in [0.4, 0.5) is 0 Å². The predicted molar refractivity (Wildman–Crippen MR) is 104 cm³/mol. The molecule has 0 aromatic carbocycles. The summed E-state index contributed by atoms with van der Waals surface area (Å²) in [6.45, 7) is 2.33. The maximum Gasteiger partial charge on any atom is 0.329 e. The summed E-state index contributed by atoms with van der Waals surface area (Å²) in [5, 5.41) is 19.4. The number of allylic oxidation sites excluding steroid dienone is 4. The maximum absolute atomic E-state index is 11.0. The number of unbranched alkanes of at least 4 members (excludes halogenated alkanes) is 6. The van der Waals surface area contributed by atoms with E-state index in [1.807, 2.05) is 24.3 Å². The van der Waals surface area contributed by atoms with Gasteiger partial charge in [-0.25, -0.2) is 4.79 Å². The van der Waals surface area contributed by atoms with Crippen molar-refractivity contribution in [3.05, 3.63) is 46.6 Å². The van der Waals surface area contributed by atoms with Gasteiger partial charge in [-0.2, -0.15) is 0 Å². The summed E-state index contributed by atoms with van der Waals surface area (Å²) in [4.78, 5) is 21.0. The lowest BCUT2D eigenvalue weighted by Crippen LogP contribution is -2.13. The summed E-state index contributed by atoms with van der Waals surface area (Å²) in [5.41, 5.74) is 0. The molecule has 0 rings (SSSR count). The second-order valence-electron chi connectivity index (χ2n) is 6.10. The van der Waals surface area contributed by atoms with Crippen molar-refractivity contribution in [2.24, 2.45) is 0 Å². The van der Waals surface area contributed by atoms with Gasteiger partial charge in [0.15, 0.2) is 0 Å². The first-order valence-corrected chi connectivity index (χ1v) is 9.49. The number of carboxylic acid groups (broad SMARTS) is 1. The molecule has 26 heavy (non-hydrogen) atoms. The fraction of sp³-hybridized carbons (Fsp3) is 0.650. The van der Waals surface area contributed by atoms with Crippen LogP contribution < -0.4 is 0 Å². The lowest BCUT2D eigenvalue weighted by atomic mass is 10.1. The molecule has 0 saturated carbocycles. The second-order valence-corrected chi connectivity index (χ2v) is 6.10. The monoisotopic (exact) mass is 367 g/mol. The fourth-order valence-electron chi connectivity index (χ4n) is 2.33. The number of carbonyl (C=O) groups is 1. The third kappa shape index (κ3) is 16.9. The Morgan fingerprint density at radius 2 is 1.69 bits per heavy atom. The zero-order valence-electron chi connectivity index (χ0n) is 15.8. The van der Waals surface area contributed by atoms with E-state index in [4.69, 9.17) is 9.84 Å². The highest BCUT2D eigenvalue weighted by Crippen LogP contribution is 2.08. The van der Waals surface area contributed by atoms with Gasteiger partial charge < -0.3 is 9.84 Å². The van der Waals surface area contributed by atoms with Crippen molar-refractivity contribution in [3.63, 3.8) is 0 Å². The molecule has 6 nitrogen and oxygen atoms in total. The van der Waals surface area contributed by atoms with Crippen molar-refractivity contribution in [1.29, 1.82) is 0 Å². The quantitative estimate of drug-likeness (QED) is 0.170. The molecule has 0 bridgehead atoms. The van der Waals surface area contributed by atoms with Gasteiger partial charge >= 0.3 is 5.97 Å². The fourth-order valence-corrected chi connectivity index (χ4v) is 2.33. The molecule has 0 fully saturated rings. The van der Waals surface area contributed by atoms with Crippen molar-refractivity contribution >= 4 is 5.97 Å². The average Bonchev–Trinajstić information content (AvgIpc) is 2.60. The van der Waals surface area contributed by atoms with Crippen LogP contribution in [0.15, 0.2) is 36.5 Å². The van der Waals surface area contributed by atoms with Gasteiger partial charge in [-0.05, 0) is 44.3 Å².